The summed E-state index contributed by atoms with van der Waals surface area (Å²) in [5, 5.41) is 14.8. The fourth-order valence-electron chi connectivity index (χ4n) is 3.91. The van der Waals surface area contributed by atoms with Crippen molar-refractivity contribution < 1.29 is 40.0 Å². The van der Waals surface area contributed by atoms with Crippen LogP contribution in [-0.2, 0) is 27.1 Å². The Morgan fingerprint density at radius 1 is 0.744 bits per heavy atom. The number of nitrogen functional groups attached to an aromatic ring is 1. The molecule has 4 rings (SSSR count). The second kappa shape index (κ2) is 24.7. The average Bonchev–Trinajstić information content (AvgIpc) is 2.89. The van der Waals surface area contributed by atoms with Gasteiger partial charge in [0, 0.05) is 72.2 Å². The molecule has 2 heterocycles. The number of non-ortho nitro benzene ring substituents is 1. The summed E-state index contributed by atoms with van der Waals surface area (Å²) in [6.07, 6.45) is 7.68. The van der Waals surface area contributed by atoms with Crippen molar-refractivity contribution in [2.45, 2.75) is 60.8 Å². The molecule has 0 saturated carbocycles. The fraction of sp³-hybridized carbons (Fsp3) is 0.500. The summed E-state index contributed by atoms with van der Waals surface area (Å²) >= 11 is 0. The van der Waals surface area contributed by atoms with Crippen LogP contribution in [0.5, 0.6) is 0 Å². The topological polar surface area (TPSA) is 205 Å². The van der Waals surface area contributed by atoms with Gasteiger partial charge < -0.3 is 21.7 Å². The van der Waals surface area contributed by atoms with Gasteiger partial charge >= 0.3 is 0 Å². The van der Waals surface area contributed by atoms with Crippen molar-refractivity contribution in [1.82, 2.24) is 16.0 Å². The van der Waals surface area contributed by atoms with E-state index >= 15 is 0 Å². The summed E-state index contributed by atoms with van der Waals surface area (Å²) in [5.41, 5.74) is 7.56. The van der Waals surface area contributed by atoms with Crippen molar-refractivity contribution in [3.63, 3.8) is 0 Å². The molecule has 0 unspecified atom stereocenters. The fourth-order valence-corrected chi connectivity index (χ4v) is 3.91. The quantitative estimate of drug-likeness (QED) is 0.162. The number of sulfonamides is 1. The van der Waals surface area contributed by atoms with E-state index in [-0.39, 0.29) is 75.4 Å². The zero-order valence-corrected chi connectivity index (χ0v) is 25.3. The van der Waals surface area contributed by atoms with Crippen LogP contribution in [0.3, 0.4) is 0 Å². The van der Waals surface area contributed by atoms with Crippen molar-refractivity contribution in [3.05, 3.63) is 69.8 Å². The summed E-state index contributed by atoms with van der Waals surface area (Å²) in [7, 11) is -3.17. The van der Waals surface area contributed by atoms with Crippen LogP contribution in [0.15, 0.2) is 48.5 Å². The van der Waals surface area contributed by atoms with Gasteiger partial charge in [-0.3, -0.25) is 19.7 Å². The molecule has 2 aromatic carbocycles. The number of piperidine rings is 2. The predicted molar refractivity (Wildman–Crippen MR) is 175 cm³/mol. The first-order valence-electron chi connectivity index (χ1n) is 12.1. The van der Waals surface area contributed by atoms with Gasteiger partial charge in [0.15, 0.2) is 0 Å². The second-order valence-corrected chi connectivity index (χ2v) is 10.6. The maximum absolute atomic E-state index is 12.0. The Bertz CT molecular complexity index is 1150. The first-order chi connectivity index (χ1) is 17.5. The Balaban J connectivity index is -0.000000173. The van der Waals surface area contributed by atoms with E-state index in [1.54, 1.807) is 24.3 Å². The number of hydrogen-bond donors (Lipinski definition) is 3. The summed E-state index contributed by atoms with van der Waals surface area (Å²) in [5.74, 6) is 0.106. The van der Waals surface area contributed by atoms with E-state index < -0.39 is 14.9 Å². The largest absolute Gasteiger partial charge is 0.399 e. The third-order valence-corrected chi connectivity index (χ3v) is 5.77. The van der Waals surface area contributed by atoms with Crippen molar-refractivity contribution >= 4 is 45.6 Å². The van der Waals surface area contributed by atoms with E-state index in [0.29, 0.717) is 11.3 Å². The van der Waals surface area contributed by atoms with E-state index in [1.165, 1.54) is 37.1 Å². The van der Waals surface area contributed by atoms with Crippen LogP contribution in [0, 0.1) is 10.1 Å². The standard InChI is InChI=1S/C12H14N2O3.C12H16N2O.CH5NO2S.3CH4.ClH.Fe.H3N/c15-12(13-8-2-1-3-9-13)10-4-6-11(7-5-10)14(16)17;13-11-6-4-10(5-7-11)12(15)14-8-2-1-3-9-14;1-5(2,3)4;;;;;;/h4-7H,1-3,8-9H2;4-7H,1-3,8-9,13H2;1H3,(H2,2,3,4);3*1H4;1H;;1H3. The van der Waals surface area contributed by atoms with Crippen molar-refractivity contribution in [2.24, 2.45) is 5.14 Å². The Kier molecular flexibility index (Phi) is 28.6. The van der Waals surface area contributed by atoms with Gasteiger partial charge in [-0.05, 0) is 74.9 Å². The number of primary sulfonamides is 1. The number of benzene rings is 2. The van der Waals surface area contributed by atoms with Gasteiger partial charge in [0.25, 0.3) is 17.5 Å². The number of hydrogen-bond acceptors (Lipinski definition) is 8. The molecule has 0 radical (unpaired) electrons. The third kappa shape index (κ3) is 19.2. The van der Waals surface area contributed by atoms with Gasteiger partial charge in [-0.2, -0.15) is 0 Å². The van der Waals surface area contributed by atoms with Crippen molar-refractivity contribution in [2.75, 3.05) is 38.2 Å². The van der Waals surface area contributed by atoms with Crippen LogP contribution < -0.4 is 17.0 Å². The van der Waals surface area contributed by atoms with Gasteiger partial charge in [0.2, 0.25) is 10.0 Å². The number of nitrogens with zero attached hydrogens (tertiary/aromatic N) is 3. The number of nitro benzene ring substituents is 1. The normalized spacial score (nSPS) is 13.3. The van der Waals surface area contributed by atoms with Crippen LogP contribution in [0.1, 0.15) is 81.5 Å². The number of nitro groups is 1. The molecule has 43 heavy (non-hydrogen) atoms. The molecule has 2 aliphatic heterocycles. The molecule has 2 aliphatic rings. The molecule has 2 saturated heterocycles. The Morgan fingerprint density at radius 3 is 1.30 bits per heavy atom. The summed E-state index contributed by atoms with van der Waals surface area (Å²) in [6.45, 7) is 3.36. The molecule has 7 N–H and O–H groups in total. The van der Waals surface area contributed by atoms with E-state index in [2.05, 4.69) is 5.14 Å². The number of likely N-dealkylation sites (tertiary alicyclic amines) is 2. The minimum absolute atomic E-state index is 0. The van der Waals surface area contributed by atoms with Gasteiger partial charge in [-0.25, -0.2) is 13.6 Å². The van der Waals surface area contributed by atoms with Gasteiger partial charge in [0.05, 0.1) is 11.2 Å². The molecule has 2 fully saturated rings. The van der Waals surface area contributed by atoms with Crippen LogP contribution in [0.2, 0.25) is 0 Å². The molecular weight excluding hydrogens is 640 g/mol. The third-order valence-electron chi connectivity index (χ3n) is 5.77. The van der Waals surface area contributed by atoms with E-state index in [1.807, 2.05) is 9.80 Å². The number of carbonyl (C=O) groups excluding carboxylic acids is 2. The summed E-state index contributed by atoms with van der Waals surface area (Å²) < 4.78 is 18.8. The number of halogens is 1. The number of anilines is 1. The molecule has 0 aromatic heterocycles. The Labute approximate surface area is 274 Å². The monoisotopic (exact) mass is 690 g/mol. The van der Waals surface area contributed by atoms with Crippen LogP contribution in [-0.4, -0.2) is 67.4 Å². The number of nitrogens with two attached hydrogens (primary N) is 2. The van der Waals surface area contributed by atoms with Crippen LogP contribution >= 0.6 is 12.4 Å². The Hall–Kier alpha value is -2.74. The molecule has 0 atom stereocenters. The molecule has 15 heteroatoms. The molecular formula is C28H51ClFeN6O6S. The number of carbonyl (C=O) groups is 2. The molecule has 0 bridgehead atoms. The number of rotatable bonds is 3. The maximum atomic E-state index is 12.0. The molecule has 2 aromatic rings. The van der Waals surface area contributed by atoms with Crippen molar-refractivity contribution in [1.29, 1.82) is 0 Å². The SMILES string of the molecule is C.C.C.CS(N)(=O)=O.Cl.N.Nc1ccc(C(=O)N2CCCCC2)cc1.O=C(c1ccc([N+](=O)[O-])cc1)N1CCCCC1.[Fe]. The smallest absolute Gasteiger partial charge is 0.269 e. The van der Waals surface area contributed by atoms with Gasteiger partial charge in [-0.1, -0.05) is 22.3 Å². The van der Waals surface area contributed by atoms with E-state index in [9.17, 15) is 28.1 Å². The molecule has 0 spiro atoms. The van der Waals surface area contributed by atoms with E-state index in [4.69, 9.17) is 5.73 Å². The molecule has 250 valence electrons. The maximum Gasteiger partial charge on any atom is 0.269 e. The van der Waals surface area contributed by atoms with Gasteiger partial charge in [-0.15, -0.1) is 12.4 Å². The number of amides is 2. The van der Waals surface area contributed by atoms with E-state index in [0.717, 1.165) is 63.7 Å². The van der Waals surface area contributed by atoms with Crippen LogP contribution in [0.25, 0.3) is 0 Å². The predicted octanol–water partition coefficient (Wildman–Crippen LogP) is 5.51. The summed E-state index contributed by atoms with van der Waals surface area (Å²) in [4.78, 5) is 37.8. The minimum Gasteiger partial charge on any atom is -0.399 e. The molecule has 2 amide bonds. The average molecular weight is 691 g/mol. The zero-order valence-electron chi connectivity index (χ0n) is 22.5. The zero-order chi connectivity index (χ0) is 27.4. The Morgan fingerprint density at radius 2 is 1.02 bits per heavy atom. The molecule has 12 nitrogen and oxygen atoms in total. The van der Waals surface area contributed by atoms with Crippen LogP contribution in [0.4, 0.5) is 11.4 Å². The second-order valence-electron chi connectivity index (χ2n) is 8.96. The minimum atomic E-state index is -3.17. The van der Waals surface area contributed by atoms with Crippen molar-refractivity contribution in [3.8, 4) is 0 Å². The first-order valence-corrected chi connectivity index (χ1v) is 14.1. The molecule has 0 aliphatic carbocycles. The summed E-state index contributed by atoms with van der Waals surface area (Å²) in [6, 6.07) is 12.9. The first kappa shape index (κ1) is 49.9. The van der Waals surface area contributed by atoms with Gasteiger partial charge in [0.1, 0.15) is 0 Å².